The van der Waals surface area contributed by atoms with Crippen LogP contribution in [0.5, 0.6) is 0 Å². The molecule has 0 aliphatic carbocycles. The molecule has 84 valence electrons. The molecule has 2 aromatic rings. The molecule has 0 spiro atoms. The van der Waals surface area contributed by atoms with Crippen molar-refractivity contribution in [1.82, 2.24) is 9.78 Å². The number of hydrogen-bond donors (Lipinski definition) is 1. The molecule has 0 saturated heterocycles. The van der Waals surface area contributed by atoms with E-state index in [9.17, 15) is 0 Å². The third kappa shape index (κ3) is 1.84. The minimum atomic E-state index is 0.463. The van der Waals surface area contributed by atoms with Crippen LogP contribution >= 0.6 is 11.6 Å². The Labute approximate surface area is 99.8 Å². The van der Waals surface area contributed by atoms with Crippen LogP contribution in [0, 0.1) is 6.92 Å². The number of aryl methyl sites for hydroxylation is 1. The van der Waals surface area contributed by atoms with E-state index >= 15 is 0 Å². The number of benzene rings is 1. The van der Waals surface area contributed by atoms with Crippen LogP contribution in [0.25, 0.3) is 11.1 Å². The molecule has 0 amide bonds. The van der Waals surface area contributed by atoms with E-state index in [1.165, 1.54) is 0 Å². The summed E-state index contributed by atoms with van der Waals surface area (Å²) in [5.74, 6) is 0. The fourth-order valence-corrected chi connectivity index (χ4v) is 1.92. The molecular weight excluding hydrogens is 222 g/mol. The van der Waals surface area contributed by atoms with Crippen LogP contribution in [0.2, 0.25) is 5.02 Å². The lowest BCUT2D eigenvalue weighted by Gasteiger charge is -2.05. The normalized spacial score (nSPS) is 10.8. The third-order valence-corrected chi connectivity index (χ3v) is 3.17. The van der Waals surface area contributed by atoms with Crippen molar-refractivity contribution in [2.45, 2.75) is 13.5 Å². The lowest BCUT2D eigenvalue weighted by molar-refractivity contribution is 0.740. The first kappa shape index (κ1) is 11.2. The second kappa shape index (κ2) is 4.28. The zero-order valence-corrected chi connectivity index (χ0v) is 10.1. The number of nitrogens with zero attached hydrogens (tertiary/aromatic N) is 2. The zero-order chi connectivity index (χ0) is 11.7. The third-order valence-electron chi connectivity index (χ3n) is 2.82. The molecule has 16 heavy (non-hydrogen) atoms. The molecule has 3 nitrogen and oxygen atoms in total. The highest BCUT2D eigenvalue weighted by Gasteiger charge is 2.08. The van der Waals surface area contributed by atoms with Crippen molar-refractivity contribution in [3.63, 3.8) is 0 Å². The van der Waals surface area contributed by atoms with Crippen molar-refractivity contribution < 1.29 is 0 Å². The van der Waals surface area contributed by atoms with Crippen molar-refractivity contribution in [3.05, 3.63) is 40.7 Å². The van der Waals surface area contributed by atoms with Gasteiger partial charge in [0, 0.05) is 29.9 Å². The maximum atomic E-state index is 6.13. The van der Waals surface area contributed by atoms with E-state index in [4.69, 9.17) is 17.3 Å². The Morgan fingerprint density at radius 1 is 1.44 bits per heavy atom. The maximum Gasteiger partial charge on any atom is 0.0571 e. The van der Waals surface area contributed by atoms with Crippen LogP contribution < -0.4 is 5.73 Å². The highest BCUT2D eigenvalue weighted by Crippen LogP contribution is 2.27. The molecule has 1 aromatic heterocycles. The number of nitrogens with two attached hydrogens (primary N) is 1. The molecular formula is C12H14ClN3. The fourth-order valence-electron chi connectivity index (χ4n) is 1.66. The summed E-state index contributed by atoms with van der Waals surface area (Å²) in [5, 5.41) is 4.93. The largest absolute Gasteiger partial charge is 0.326 e. The van der Waals surface area contributed by atoms with Crippen LogP contribution in [-0.2, 0) is 13.6 Å². The van der Waals surface area contributed by atoms with Gasteiger partial charge in [0.1, 0.15) is 0 Å². The second-order valence-corrected chi connectivity index (χ2v) is 4.18. The van der Waals surface area contributed by atoms with Crippen molar-refractivity contribution in [1.29, 1.82) is 0 Å². The summed E-state index contributed by atoms with van der Waals surface area (Å²) in [7, 11) is 1.93. The van der Waals surface area contributed by atoms with Crippen molar-refractivity contribution in [2.24, 2.45) is 12.8 Å². The van der Waals surface area contributed by atoms with E-state index in [1.54, 1.807) is 0 Å². The van der Waals surface area contributed by atoms with Crippen LogP contribution in [-0.4, -0.2) is 9.78 Å². The Kier molecular flexibility index (Phi) is 2.99. The van der Waals surface area contributed by atoms with E-state index in [0.717, 1.165) is 22.4 Å². The molecule has 2 rings (SSSR count). The Balaban J connectivity index is 2.49. The van der Waals surface area contributed by atoms with E-state index in [1.807, 2.05) is 43.0 Å². The molecule has 0 atom stereocenters. The second-order valence-electron chi connectivity index (χ2n) is 3.78. The fraction of sp³-hybridized carbons (Fsp3) is 0.250. The summed E-state index contributed by atoms with van der Waals surface area (Å²) in [4.78, 5) is 0. The number of halogens is 1. The van der Waals surface area contributed by atoms with E-state index in [2.05, 4.69) is 5.10 Å². The van der Waals surface area contributed by atoms with Crippen molar-refractivity contribution in [3.8, 4) is 11.1 Å². The lowest BCUT2D eigenvalue weighted by Crippen LogP contribution is -1.97. The molecule has 0 fully saturated rings. The average Bonchev–Trinajstić information content (AvgIpc) is 2.60. The average molecular weight is 236 g/mol. The predicted molar refractivity (Wildman–Crippen MR) is 66.3 cm³/mol. The van der Waals surface area contributed by atoms with Crippen LogP contribution in [0.1, 0.15) is 11.3 Å². The SMILES string of the molecule is Cc1c(-c2ccc(CN)c(Cl)c2)cnn1C. The molecule has 2 N–H and O–H groups in total. The first-order valence-corrected chi connectivity index (χ1v) is 5.48. The summed E-state index contributed by atoms with van der Waals surface area (Å²) in [5.41, 5.74) is 9.84. The van der Waals surface area contributed by atoms with E-state index in [-0.39, 0.29) is 0 Å². The standard InChI is InChI=1S/C12H14ClN3/c1-8-11(7-15-16(8)2)9-3-4-10(6-14)12(13)5-9/h3-5,7H,6,14H2,1-2H3. The van der Waals surface area contributed by atoms with Gasteiger partial charge in [0.25, 0.3) is 0 Å². The maximum absolute atomic E-state index is 6.13. The van der Waals surface area contributed by atoms with Crippen LogP contribution in [0.4, 0.5) is 0 Å². The monoisotopic (exact) mass is 235 g/mol. The summed E-state index contributed by atoms with van der Waals surface area (Å²) in [6.45, 7) is 2.50. The molecule has 4 heteroatoms. The first-order valence-electron chi connectivity index (χ1n) is 5.11. The Hall–Kier alpha value is -1.32. The number of aromatic nitrogens is 2. The van der Waals surface area contributed by atoms with Gasteiger partial charge in [0.2, 0.25) is 0 Å². The minimum absolute atomic E-state index is 0.463. The van der Waals surface area contributed by atoms with Gasteiger partial charge in [-0.05, 0) is 24.1 Å². The van der Waals surface area contributed by atoms with Crippen molar-refractivity contribution in [2.75, 3.05) is 0 Å². The van der Waals surface area contributed by atoms with Gasteiger partial charge >= 0.3 is 0 Å². The Morgan fingerprint density at radius 3 is 2.69 bits per heavy atom. The highest BCUT2D eigenvalue weighted by atomic mass is 35.5. The summed E-state index contributed by atoms with van der Waals surface area (Å²) >= 11 is 6.13. The van der Waals surface area contributed by atoms with Gasteiger partial charge in [0.15, 0.2) is 0 Å². The Morgan fingerprint density at radius 2 is 2.19 bits per heavy atom. The number of hydrogen-bond acceptors (Lipinski definition) is 2. The van der Waals surface area contributed by atoms with Gasteiger partial charge in [-0.25, -0.2) is 0 Å². The minimum Gasteiger partial charge on any atom is -0.326 e. The molecule has 0 saturated carbocycles. The van der Waals surface area contributed by atoms with Gasteiger partial charge in [-0.1, -0.05) is 23.7 Å². The molecule has 0 aliphatic rings. The van der Waals surface area contributed by atoms with Crippen LogP contribution in [0.15, 0.2) is 24.4 Å². The smallest absolute Gasteiger partial charge is 0.0571 e. The Bertz CT molecular complexity index is 517. The van der Waals surface area contributed by atoms with Gasteiger partial charge < -0.3 is 5.73 Å². The quantitative estimate of drug-likeness (QED) is 0.869. The predicted octanol–water partition coefficient (Wildman–Crippen LogP) is 2.51. The molecule has 0 unspecified atom stereocenters. The number of rotatable bonds is 2. The topological polar surface area (TPSA) is 43.8 Å². The molecule has 1 aromatic carbocycles. The van der Waals surface area contributed by atoms with Gasteiger partial charge in [-0.3, -0.25) is 4.68 Å². The first-order chi connectivity index (χ1) is 7.63. The van der Waals surface area contributed by atoms with Gasteiger partial charge in [-0.15, -0.1) is 0 Å². The van der Waals surface area contributed by atoms with E-state index in [0.29, 0.717) is 11.6 Å². The van der Waals surface area contributed by atoms with E-state index < -0.39 is 0 Å². The molecule has 1 heterocycles. The molecule has 0 aliphatic heterocycles. The highest BCUT2D eigenvalue weighted by molar-refractivity contribution is 6.31. The van der Waals surface area contributed by atoms with Crippen LogP contribution in [0.3, 0.4) is 0 Å². The summed E-state index contributed by atoms with van der Waals surface area (Å²) in [6, 6.07) is 5.93. The summed E-state index contributed by atoms with van der Waals surface area (Å²) < 4.78 is 1.85. The summed E-state index contributed by atoms with van der Waals surface area (Å²) in [6.07, 6.45) is 1.85. The van der Waals surface area contributed by atoms with Gasteiger partial charge in [-0.2, -0.15) is 5.10 Å². The zero-order valence-electron chi connectivity index (χ0n) is 9.37. The molecule has 0 radical (unpaired) electrons. The molecule has 0 bridgehead atoms. The van der Waals surface area contributed by atoms with Gasteiger partial charge in [0.05, 0.1) is 6.20 Å². The lowest BCUT2D eigenvalue weighted by atomic mass is 10.0. The van der Waals surface area contributed by atoms with Crippen molar-refractivity contribution >= 4 is 11.6 Å².